The lowest BCUT2D eigenvalue weighted by atomic mass is 10.2. The van der Waals surface area contributed by atoms with E-state index >= 15 is 0 Å². The highest BCUT2D eigenvalue weighted by molar-refractivity contribution is 6.42. The number of nitrogens with one attached hydrogen (secondary N) is 2. The van der Waals surface area contributed by atoms with Crippen molar-refractivity contribution in [2.45, 2.75) is 6.18 Å². The van der Waals surface area contributed by atoms with Crippen molar-refractivity contribution in [1.82, 2.24) is 4.98 Å². The third-order valence-electron chi connectivity index (χ3n) is 2.88. The van der Waals surface area contributed by atoms with Crippen molar-refractivity contribution in [3.8, 4) is 0 Å². The van der Waals surface area contributed by atoms with Crippen molar-refractivity contribution >= 4 is 40.9 Å². The third-order valence-corrected chi connectivity index (χ3v) is 3.72. The summed E-state index contributed by atoms with van der Waals surface area (Å²) in [5.74, 6) is -0.795. The van der Waals surface area contributed by atoms with Gasteiger partial charge < -0.3 is 10.3 Å². The number of carbonyl (C=O) groups is 1. The summed E-state index contributed by atoms with van der Waals surface area (Å²) in [5.41, 5.74) is -2.02. The Labute approximate surface area is 143 Å². The highest BCUT2D eigenvalue weighted by Gasteiger charge is 2.31. The fourth-order valence-corrected chi connectivity index (χ4v) is 2.10. The quantitative estimate of drug-likeness (QED) is 0.782. The number of hydrogen-bond donors (Lipinski definition) is 2. The molecule has 4 nitrogen and oxygen atoms in total. The number of rotatable bonds is 3. The lowest BCUT2D eigenvalue weighted by molar-refractivity contribution is -0.137. The van der Waals surface area contributed by atoms with Crippen molar-refractivity contribution < 1.29 is 18.0 Å². The first-order valence-electron chi connectivity index (χ1n) is 6.41. The molecule has 2 N–H and O–H groups in total. The van der Waals surface area contributed by atoms with Gasteiger partial charge in [0.15, 0.2) is 0 Å². The van der Waals surface area contributed by atoms with Gasteiger partial charge in [0.05, 0.1) is 15.6 Å². The summed E-state index contributed by atoms with van der Waals surface area (Å²) >= 11 is 11.8. The van der Waals surface area contributed by atoms with Gasteiger partial charge in [0.1, 0.15) is 5.69 Å². The third kappa shape index (κ3) is 4.39. The summed E-state index contributed by atoms with van der Waals surface area (Å²) in [4.78, 5) is 25.2. The summed E-state index contributed by atoms with van der Waals surface area (Å²) in [6.45, 7) is 0. The Morgan fingerprint density at radius 3 is 2.62 bits per heavy atom. The van der Waals surface area contributed by atoms with Crippen molar-refractivity contribution in [2.75, 3.05) is 5.32 Å². The second-order valence-corrected chi connectivity index (χ2v) is 5.38. The number of pyridine rings is 1. The molecule has 1 aromatic carbocycles. The molecule has 9 heteroatoms. The van der Waals surface area contributed by atoms with Gasteiger partial charge in [-0.2, -0.15) is 13.2 Å². The Hall–Kier alpha value is -2.25. The van der Waals surface area contributed by atoms with Crippen LogP contribution >= 0.6 is 23.2 Å². The molecule has 1 heterocycles. The zero-order valence-electron chi connectivity index (χ0n) is 11.7. The van der Waals surface area contributed by atoms with Gasteiger partial charge in [-0.25, -0.2) is 0 Å². The smallest absolute Gasteiger partial charge is 0.327 e. The van der Waals surface area contributed by atoms with Gasteiger partial charge in [-0.05, 0) is 23.8 Å². The number of anilines is 1. The maximum atomic E-state index is 12.6. The van der Waals surface area contributed by atoms with Crippen LogP contribution in [-0.4, -0.2) is 10.9 Å². The average molecular weight is 377 g/mol. The number of amides is 1. The topological polar surface area (TPSA) is 62.0 Å². The standard InChI is InChI=1S/C15H9Cl2F3N2O2/c16-10-3-1-2-8(13(10)17)4-5-12(23)22-11-6-9(15(18,19)20)7-21-14(11)24/h1-7H,(H,21,24)(H,22,23)/b5-4+. The van der Waals surface area contributed by atoms with Gasteiger partial charge in [0.25, 0.3) is 5.56 Å². The van der Waals surface area contributed by atoms with Crippen molar-refractivity contribution in [3.05, 3.63) is 68.1 Å². The monoisotopic (exact) mass is 376 g/mol. The fraction of sp³-hybridized carbons (Fsp3) is 0.0667. The van der Waals surface area contributed by atoms with Crippen molar-refractivity contribution in [1.29, 1.82) is 0 Å². The van der Waals surface area contributed by atoms with Crippen LogP contribution in [0.15, 0.2) is 41.3 Å². The van der Waals surface area contributed by atoms with E-state index in [2.05, 4.69) is 5.32 Å². The zero-order valence-corrected chi connectivity index (χ0v) is 13.3. The fourth-order valence-electron chi connectivity index (χ4n) is 1.73. The van der Waals surface area contributed by atoms with Crippen LogP contribution in [0.25, 0.3) is 6.08 Å². The molecule has 1 aromatic heterocycles. The predicted octanol–water partition coefficient (Wildman–Crippen LogP) is 4.35. The van der Waals surface area contributed by atoms with Gasteiger partial charge in [-0.3, -0.25) is 9.59 Å². The van der Waals surface area contributed by atoms with Crippen LogP contribution in [0.1, 0.15) is 11.1 Å². The molecule has 24 heavy (non-hydrogen) atoms. The van der Waals surface area contributed by atoms with E-state index in [0.717, 1.165) is 6.08 Å². The van der Waals surface area contributed by atoms with E-state index < -0.39 is 28.9 Å². The van der Waals surface area contributed by atoms with E-state index in [4.69, 9.17) is 23.2 Å². The first-order chi connectivity index (χ1) is 11.2. The first-order valence-corrected chi connectivity index (χ1v) is 7.17. The minimum absolute atomic E-state index is 0.222. The predicted molar refractivity (Wildman–Crippen MR) is 86.2 cm³/mol. The summed E-state index contributed by atoms with van der Waals surface area (Å²) in [5, 5.41) is 2.59. The number of aromatic amines is 1. The number of carbonyl (C=O) groups excluding carboxylic acids is 1. The number of hydrogen-bond acceptors (Lipinski definition) is 2. The van der Waals surface area contributed by atoms with Gasteiger partial charge in [0.2, 0.25) is 5.91 Å². The molecule has 2 rings (SSSR count). The molecule has 1 amide bonds. The zero-order chi connectivity index (χ0) is 17.9. The average Bonchev–Trinajstić information content (AvgIpc) is 2.50. The molecule has 0 saturated heterocycles. The molecular weight excluding hydrogens is 368 g/mol. The van der Waals surface area contributed by atoms with Crippen molar-refractivity contribution in [2.24, 2.45) is 0 Å². The Kier molecular flexibility index (Phi) is 5.36. The Bertz CT molecular complexity index is 861. The number of alkyl halides is 3. The Morgan fingerprint density at radius 1 is 1.25 bits per heavy atom. The molecule has 0 aliphatic heterocycles. The number of halogens is 5. The second kappa shape index (κ2) is 7.11. The lowest BCUT2D eigenvalue weighted by Crippen LogP contribution is -2.20. The summed E-state index contributed by atoms with van der Waals surface area (Å²) < 4.78 is 37.8. The van der Waals surface area contributed by atoms with Crippen LogP contribution in [0.2, 0.25) is 10.0 Å². The minimum atomic E-state index is -4.65. The normalized spacial score (nSPS) is 11.7. The van der Waals surface area contributed by atoms with Crippen LogP contribution in [0.5, 0.6) is 0 Å². The lowest BCUT2D eigenvalue weighted by Gasteiger charge is -2.08. The SMILES string of the molecule is O=C(/C=C/c1cccc(Cl)c1Cl)Nc1cc(C(F)(F)F)c[nH]c1=O. The first kappa shape index (κ1) is 18.1. The second-order valence-electron chi connectivity index (χ2n) is 4.59. The molecule has 0 fully saturated rings. The van der Waals surface area contributed by atoms with Gasteiger partial charge in [0, 0.05) is 12.3 Å². The van der Waals surface area contributed by atoms with Gasteiger partial charge in [-0.1, -0.05) is 35.3 Å². The highest BCUT2D eigenvalue weighted by Crippen LogP contribution is 2.29. The molecule has 126 valence electrons. The van der Waals surface area contributed by atoms with Gasteiger partial charge >= 0.3 is 6.18 Å². The van der Waals surface area contributed by atoms with Crippen LogP contribution in [0, 0.1) is 0 Å². The molecule has 2 aromatic rings. The van der Waals surface area contributed by atoms with Crippen LogP contribution in [0.3, 0.4) is 0 Å². The number of aromatic nitrogens is 1. The van der Waals surface area contributed by atoms with E-state index in [9.17, 15) is 22.8 Å². The number of benzene rings is 1. The number of H-pyrrole nitrogens is 1. The highest BCUT2D eigenvalue weighted by atomic mass is 35.5. The van der Waals surface area contributed by atoms with Crippen LogP contribution in [-0.2, 0) is 11.0 Å². The van der Waals surface area contributed by atoms with E-state index in [1.807, 2.05) is 4.98 Å². The maximum absolute atomic E-state index is 12.6. The summed E-state index contributed by atoms with van der Waals surface area (Å²) in [7, 11) is 0. The van der Waals surface area contributed by atoms with E-state index in [0.29, 0.717) is 17.8 Å². The van der Waals surface area contributed by atoms with Gasteiger partial charge in [-0.15, -0.1) is 0 Å². The molecule has 0 saturated carbocycles. The molecular formula is C15H9Cl2F3N2O2. The van der Waals surface area contributed by atoms with Crippen LogP contribution < -0.4 is 10.9 Å². The largest absolute Gasteiger partial charge is 0.417 e. The minimum Gasteiger partial charge on any atom is -0.327 e. The molecule has 0 aliphatic rings. The maximum Gasteiger partial charge on any atom is 0.417 e. The van der Waals surface area contributed by atoms with E-state index in [1.165, 1.54) is 6.08 Å². The van der Waals surface area contributed by atoms with E-state index in [1.54, 1.807) is 18.2 Å². The molecule has 0 unspecified atom stereocenters. The summed E-state index contributed by atoms with van der Waals surface area (Å²) in [6, 6.07) is 5.32. The Balaban J connectivity index is 2.20. The molecule has 0 spiro atoms. The molecule has 0 radical (unpaired) electrons. The van der Waals surface area contributed by atoms with Crippen molar-refractivity contribution in [3.63, 3.8) is 0 Å². The summed E-state index contributed by atoms with van der Waals surface area (Å²) in [6.07, 6.45) is -1.77. The molecule has 0 aliphatic carbocycles. The van der Waals surface area contributed by atoms with Crippen LogP contribution in [0.4, 0.5) is 18.9 Å². The molecule has 0 atom stereocenters. The Morgan fingerprint density at radius 2 is 1.96 bits per heavy atom. The molecule has 0 bridgehead atoms. The van der Waals surface area contributed by atoms with E-state index in [-0.39, 0.29) is 10.0 Å².